The smallest absolute Gasteiger partial charge is 0.0669 e. The third-order valence-corrected chi connectivity index (χ3v) is 5.05. The van der Waals surface area contributed by atoms with Crippen LogP contribution in [0.25, 0.3) is 0 Å². The Hall–Kier alpha value is -0.0300. The van der Waals surface area contributed by atoms with Crippen molar-refractivity contribution in [3.63, 3.8) is 0 Å². The van der Waals surface area contributed by atoms with Gasteiger partial charge in [0.15, 0.2) is 0 Å². The quantitative estimate of drug-likeness (QED) is 0.781. The van der Waals surface area contributed by atoms with Crippen molar-refractivity contribution in [2.24, 2.45) is 0 Å². The fourth-order valence-electron chi connectivity index (χ4n) is 2.04. The first kappa shape index (κ1) is 15.4. The standard InChI is InChI=1S/C15H22BrNOS/c1-11(2)17-9-12-5-6-14(8-15(12)16)19-10-13-4-3-7-18-13/h5-6,8,11,13,17H,3-4,7,9-10H2,1-2H3. The monoisotopic (exact) mass is 343 g/mol. The molecular weight excluding hydrogens is 322 g/mol. The van der Waals surface area contributed by atoms with E-state index in [4.69, 9.17) is 4.74 Å². The zero-order chi connectivity index (χ0) is 13.7. The van der Waals surface area contributed by atoms with E-state index in [9.17, 15) is 0 Å². The second kappa shape index (κ2) is 7.67. The van der Waals surface area contributed by atoms with Crippen LogP contribution in [0.5, 0.6) is 0 Å². The molecule has 0 radical (unpaired) electrons. The highest BCUT2D eigenvalue weighted by atomic mass is 79.9. The van der Waals surface area contributed by atoms with E-state index in [0.717, 1.165) is 18.9 Å². The molecule has 19 heavy (non-hydrogen) atoms. The van der Waals surface area contributed by atoms with Gasteiger partial charge in [0.1, 0.15) is 0 Å². The summed E-state index contributed by atoms with van der Waals surface area (Å²) < 4.78 is 6.84. The van der Waals surface area contributed by atoms with E-state index in [-0.39, 0.29) is 0 Å². The van der Waals surface area contributed by atoms with Crippen molar-refractivity contribution in [2.45, 2.75) is 50.3 Å². The van der Waals surface area contributed by atoms with Gasteiger partial charge in [-0.05, 0) is 30.5 Å². The molecule has 106 valence electrons. The van der Waals surface area contributed by atoms with Crippen LogP contribution in [0.15, 0.2) is 27.6 Å². The maximum Gasteiger partial charge on any atom is 0.0669 e. The van der Waals surface area contributed by atoms with Crippen molar-refractivity contribution in [3.8, 4) is 0 Å². The van der Waals surface area contributed by atoms with Crippen LogP contribution in [-0.2, 0) is 11.3 Å². The van der Waals surface area contributed by atoms with Crippen LogP contribution >= 0.6 is 27.7 Å². The first-order chi connectivity index (χ1) is 9.15. The number of rotatable bonds is 6. The van der Waals surface area contributed by atoms with Gasteiger partial charge in [0.2, 0.25) is 0 Å². The Bertz CT molecular complexity index is 405. The maximum absolute atomic E-state index is 5.65. The Labute approximate surface area is 128 Å². The Morgan fingerprint density at radius 2 is 2.32 bits per heavy atom. The Balaban J connectivity index is 1.86. The third kappa shape index (κ3) is 5.10. The van der Waals surface area contributed by atoms with Crippen molar-refractivity contribution >= 4 is 27.7 Å². The fourth-order valence-corrected chi connectivity index (χ4v) is 3.72. The summed E-state index contributed by atoms with van der Waals surface area (Å²) in [5.41, 5.74) is 1.31. The molecule has 4 heteroatoms. The summed E-state index contributed by atoms with van der Waals surface area (Å²) in [5, 5.41) is 3.44. The second-order valence-electron chi connectivity index (χ2n) is 5.23. The molecule has 1 unspecified atom stereocenters. The molecule has 0 amide bonds. The van der Waals surface area contributed by atoms with Crippen LogP contribution in [0.2, 0.25) is 0 Å². The van der Waals surface area contributed by atoms with E-state index < -0.39 is 0 Å². The van der Waals surface area contributed by atoms with E-state index in [1.165, 1.54) is 27.8 Å². The fraction of sp³-hybridized carbons (Fsp3) is 0.600. The van der Waals surface area contributed by atoms with Gasteiger partial charge in [0, 0.05) is 34.3 Å². The van der Waals surface area contributed by atoms with Crippen LogP contribution in [0.3, 0.4) is 0 Å². The molecular formula is C15H22BrNOS. The maximum atomic E-state index is 5.65. The van der Waals surface area contributed by atoms with Gasteiger partial charge in [0.05, 0.1) is 6.10 Å². The average molecular weight is 344 g/mol. The molecule has 1 aliphatic rings. The average Bonchev–Trinajstić information content (AvgIpc) is 2.88. The molecule has 1 heterocycles. The molecule has 1 aliphatic heterocycles. The van der Waals surface area contributed by atoms with Gasteiger partial charge in [-0.2, -0.15) is 0 Å². The number of hydrogen-bond donors (Lipinski definition) is 1. The zero-order valence-electron chi connectivity index (χ0n) is 11.6. The number of benzene rings is 1. The summed E-state index contributed by atoms with van der Waals surface area (Å²) in [6.45, 7) is 6.18. The molecule has 0 spiro atoms. The first-order valence-corrected chi connectivity index (χ1v) is 8.69. The summed E-state index contributed by atoms with van der Waals surface area (Å²) in [7, 11) is 0. The number of hydrogen-bond acceptors (Lipinski definition) is 3. The Morgan fingerprint density at radius 3 is 2.95 bits per heavy atom. The molecule has 1 atom stereocenters. The summed E-state index contributed by atoms with van der Waals surface area (Å²) in [4.78, 5) is 1.32. The van der Waals surface area contributed by atoms with Crippen LogP contribution in [0.1, 0.15) is 32.3 Å². The van der Waals surface area contributed by atoms with E-state index in [1.807, 2.05) is 11.8 Å². The highest BCUT2D eigenvalue weighted by Crippen LogP contribution is 2.28. The highest BCUT2D eigenvalue weighted by molar-refractivity contribution is 9.10. The van der Waals surface area contributed by atoms with Crippen LogP contribution in [-0.4, -0.2) is 24.5 Å². The van der Waals surface area contributed by atoms with Gasteiger partial charge in [0.25, 0.3) is 0 Å². The van der Waals surface area contributed by atoms with Gasteiger partial charge in [-0.15, -0.1) is 11.8 Å². The molecule has 2 nitrogen and oxygen atoms in total. The van der Waals surface area contributed by atoms with E-state index in [0.29, 0.717) is 12.1 Å². The van der Waals surface area contributed by atoms with Gasteiger partial charge >= 0.3 is 0 Å². The topological polar surface area (TPSA) is 21.3 Å². The molecule has 0 aromatic heterocycles. The number of halogens is 1. The largest absolute Gasteiger partial charge is 0.377 e. The summed E-state index contributed by atoms with van der Waals surface area (Å²) in [6.07, 6.45) is 2.88. The summed E-state index contributed by atoms with van der Waals surface area (Å²) in [5.74, 6) is 1.07. The minimum Gasteiger partial charge on any atom is -0.377 e. The van der Waals surface area contributed by atoms with Gasteiger partial charge in [-0.25, -0.2) is 0 Å². The zero-order valence-corrected chi connectivity index (χ0v) is 14.0. The number of ether oxygens (including phenoxy) is 1. The molecule has 1 fully saturated rings. The SMILES string of the molecule is CC(C)NCc1ccc(SCC2CCCO2)cc1Br. The predicted molar refractivity (Wildman–Crippen MR) is 85.8 cm³/mol. The lowest BCUT2D eigenvalue weighted by Gasteiger charge is -2.12. The van der Waals surface area contributed by atoms with Crippen molar-refractivity contribution < 1.29 is 4.74 Å². The lowest BCUT2D eigenvalue weighted by atomic mass is 10.2. The van der Waals surface area contributed by atoms with E-state index >= 15 is 0 Å². The molecule has 0 aliphatic carbocycles. The number of nitrogens with one attached hydrogen (secondary N) is 1. The molecule has 1 saturated heterocycles. The summed E-state index contributed by atoms with van der Waals surface area (Å²) >= 11 is 5.56. The highest BCUT2D eigenvalue weighted by Gasteiger charge is 2.15. The molecule has 1 aromatic carbocycles. The van der Waals surface area contributed by atoms with Gasteiger partial charge < -0.3 is 10.1 Å². The van der Waals surface area contributed by atoms with Gasteiger partial charge in [-0.1, -0.05) is 35.8 Å². The summed E-state index contributed by atoms with van der Waals surface area (Å²) in [6, 6.07) is 7.15. The molecule has 1 aromatic rings. The third-order valence-electron chi connectivity index (χ3n) is 3.19. The van der Waals surface area contributed by atoms with Crippen molar-refractivity contribution in [2.75, 3.05) is 12.4 Å². The van der Waals surface area contributed by atoms with E-state index in [1.54, 1.807) is 0 Å². The van der Waals surface area contributed by atoms with Gasteiger partial charge in [-0.3, -0.25) is 0 Å². The normalized spacial score (nSPS) is 19.3. The lowest BCUT2D eigenvalue weighted by molar-refractivity contribution is 0.129. The van der Waals surface area contributed by atoms with E-state index in [2.05, 4.69) is 53.3 Å². The Morgan fingerprint density at radius 1 is 1.47 bits per heavy atom. The first-order valence-electron chi connectivity index (χ1n) is 6.91. The predicted octanol–water partition coefficient (Wildman–Crippen LogP) is 4.22. The van der Waals surface area contributed by atoms with Crippen LogP contribution < -0.4 is 5.32 Å². The molecule has 1 N–H and O–H groups in total. The second-order valence-corrected chi connectivity index (χ2v) is 7.18. The number of thioether (sulfide) groups is 1. The van der Waals surface area contributed by atoms with Crippen molar-refractivity contribution in [1.82, 2.24) is 5.32 Å². The van der Waals surface area contributed by atoms with Crippen molar-refractivity contribution in [1.29, 1.82) is 0 Å². The molecule has 2 rings (SSSR count). The minimum atomic E-state index is 0.450. The lowest BCUT2D eigenvalue weighted by Crippen LogP contribution is -2.21. The van der Waals surface area contributed by atoms with Crippen LogP contribution in [0.4, 0.5) is 0 Å². The minimum absolute atomic E-state index is 0.450. The Kier molecular flexibility index (Phi) is 6.20. The van der Waals surface area contributed by atoms with Crippen LogP contribution in [0, 0.1) is 0 Å². The molecule has 0 saturated carbocycles. The molecule has 0 bridgehead atoms. The van der Waals surface area contributed by atoms with Crippen molar-refractivity contribution in [3.05, 3.63) is 28.2 Å².